The predicted molar refractivity (Wildman–Crippen MR) is 115 cm³/mol. The fourth-order valence-electron chi connectivity index (χ4n) is 4.64. The van der Waals surface area contributed by atoms with Crippen molar-refractivity contribution < 1.29 is 4.79 Å². The van der Waals surface area contributed by atoms with Crippen LogP contribution in [0.5, 0.6) is 0 Å². The number of nitrogens with zero attached hydrogens (tertiary/aromatic N) is 2. The van der Waals surface area contributed by atoms with E-state index >= 15 is 0 Å². The number of rotatable bonds is 3. The van der Waals surface area contributed by atoms with Gasteiger partial charge in [0, 0.05) is 37.3 Å². The maximum atomic E-state index is 12.7. The number of hydrogen-bond donors (Lipinski definition) is 3. The van der Waals surface area contributed by atoms with Gasteiger partial charge in [-0.1, -0.05) is 18.2 Å². The number of benzene rings is 1. The summed E-state index contributed by atoms with van der Waals surface area (Å²) >= 11 is 0. The van der Waals surface area contributed by atoms with Gasteiger partial charge >= 0.3 is 0 Å². The van der Waals surface area contributed by atoms with E-state index < -0.39 is 5.91 Å². The highest BCUT2D eigenvalue weighted by Gasteiger charge is 2.37. The number of piperidine rings is 1. The van der Waals surface area contributed by atoms with Crippen LogP contribution in [0.4, 0.5) is 0 Å². The zero-order valence-corrected chi connectivity index (χ0v) is 16.9. The van der Waals surface area contributed by atoms with Gasteiger partial charge < -0.3 is 20.2 Å². The second-order valence-electron chi connectivity index (χ2n) is 7.72. The minimum absolute atomic E-state index is 0. The lowest BCUT2D eigenvalue weighted by atomic mass is 9.79. The van der Waals surface area contributed by atoms with Crippen LogP contribution in [0.15, 0.2) is 52.1 Å². The lowest BCUT2D eigenvalue weighted by Gasteiger charge is -2.43. The largest absolute Gasteiger partial charge is 0.347 e. The van der Waals surface area contributed by atoms with E-state index in [1.165, 1.54) is 0 Å². The van der Waals surface area contributed by atoms with Crippen molar-refractivity contribution in [2.75, 3.05) is 19.6 Å². The molecular formula is C21H22ClN5O3. The Morgan fingerprint density at radius 3 is 2.83 bits per heavy atom. The van der Waals surface area contributed by atoms with Crippen LogP contribution < -0.4 is 21.8 Å². The molecule has 1 fully saturated rings. The van der Waals surface area contributed by atoms with Crippen molar-refractivity contribution in [3.05, 3.63) is 74.7 Å². The number of carbonyl (C=O) groups is 1. The number of fused-ring (bicyclic) bond motifs is 5. The maximum Gasteiger partial charge on any atom is 0.287 e. The Labute approximate surface area is 178 Å². The Kier molecular flexibility index (Phi) is 5.44. The number of aromatic nitrogens is 3. The summed E-state index contributed by atoms with van der Waals surface area (Å²) < 4.78 is 1.83. The first-order chi connectivity index (χ1) is 14.1. The van der Waals surface area contributed by atoms with Crippen molar-refractivity contribution in [2.45, 2.75) is 18.4 Å². The number of hydrogen-bond acceptors (Lipinski definition) is 5. The molecule has 0 radical (unpaired) electrons. The highest BCUT2D eigenvalue weighted by molar-refractivity contribution is 5.92. The maximum absolute atomic E-state index is 12.7. The second kappa shape index (κ2) is 8.04. The monoisotopic (exact) mass is 427 g/mol. The van der Waals surface area contributed by atoms with Gasteiger partial charge in [-0.25, -0.2) is 4.98 Å². The van der Waals surface area contributed by atoms with Crippen molar-refractivity contribution in [3.63, 3.8) is 0 Å². The molecule has 4 heterocycles. The van der Waals surface area contributed by atoms with Crippen molar-refractivity contribution in [1.29, 1.82) is 0 Å². The third kappa shape index (κ3) is 3.42. The van der Waals surface area contributed by atoms with E-state index in [0.29, 0.717) is 23.4 Å². The summed E-state index contributed by atoms with van der Waals surface area (Å²) in [5.74, 6) is 0.0902. The molecule has 1 amide bonds. The molecule has 2 aliphatic rings. The molecule has 1 aromatic carbocycles. The molecule has 3 atom stereocenters. The molecule has 2 aromatic heterocycles. The van der Waals surface area contributed by atoms with Crippen LogP contribution in [0.25, 0.3) is 10.9 Å². The third-order valence-electron chi connectivity index (χ3n) is 6.00. The van der Waals surface area contributed by atoms with Crippen LogP contribution in [0, 0.1) is 5.92 Å². The number of H-pyrrole nitrogens is 1. The molecule has 5 rings (SSSR count). The smallest absolute Gasteiger partial charge is 0.287 e. The van der Waals surface area contributed by atoms with Crippen LogP contribution in [0.2, 0.25) is 0 Å². The molecule has 3 aromatic rings. The SMILES string of the molecule is Cl.O=C(NC[C@H]1[C@@H]2CNC[C@@H](C2)c2cccc(=O)n21)c1nc2ccccc2c(=O)[nH]1. The molecule has 2 aliphatic heterocycles. The lowest BCUT2D eigenvalue weighted by molar-refractivity contribution is 0.0922. The van der Waals surface area contributed by atoms with E-state index in [4.69, 9.17) is 0 Å². The Balaban J connectivity index is 0.00000218. The zero-order chi connectivity index (χ0) is 20.0. The van der Waals surface area contributed by atoms with Gasteiger partial charge in [0.2, 0.25) is 0 Å². The molecule has 0 aliphatic carbocycles. The van der Waals surface area contributed by atoms with E-state index in [9.17, 15) is 14.4 Å². The molecular weight excluding hydrogens is 406 g/mol. The Hall–Kier alpha value is -2.97. The van der Waals surface area contributed by atoms with E-state index in [-0.39, 0.29) is 41.3 Å². The molecule has 2 bridgehead atoms. The van der Waals surface area contributed by atoms with Gasteiger partial charge in [-0.05, 0) is 30.5 Å². The number of amides is 1. The van der Waals surface area contributed by atoms with Crippen molar-refractivity contribution >= 4 is 29.2 Å². The molecule has 30 heavy (non-hydrogen) atoms. The quantitative estimate of drug-likeness (QED) is 0.581. The van der Waals surface area contributed by atoms with E-state index in [0.717, 1.165) is 25.2 Å². The molecule has 0 saturated carbocycles. The number of nitrogens with one attached hydrogen (secondary N) is 3. The Bertz CT molecular complexity index is 1220. The standard InChI is InChI=1S/C21H21N5O3.ClH/c27-18-7-3-6-16-12-8-13(10-22-9-12)17(26(16)18)11-23-21(29)19-24-15-5-2-1-4-14(15)20(28)25-19;/h1-7,12-13,17,22H,8-11H2,(H,23,29)(H,24,25,28);1H/t12-,13+,17+;/m1./s1. The summed E-state index contributed by atoms with van der Waals surface area (Å²) in [5.41, 5.74) is 1.09. The first-order valence-corrected chi connectivity index (χ1v) is 9.81. The fraction of sp³-hybridized carbons (Fsp3) is 0.333. The minimum Gasteiger partial charge on any atom is -0.347 e. The summed E-state index contributed by atoms with van der Waals surface area (Å²) in [4.78, 5) is 44.3. The number of halogens is 1. The number of para-hydroxylation sites is 1. The van der Waals surface area contributed by atoms with Crippen LogP contribution >= 0.6 is 12.4 Å². The highest BCUT2D eigenvalue weighted by Crippen LogP contribution is 2.38. The van der Waals surface area contributed by atoms with Gasteiger partial charge in [0.25, 0.3) is 17.0 Å². The summed E-state index contributed by atoms with van der Waals surface area (Å²) in [6.45, 7) is 1.97. The fourth-order valence-corrected chi connectivity index (χ4v) is 4.64. The van der Waals surface area contributed by atoms with Gasteiger partial charge in [0.05, 0.1) is 16.9 Å². The summed E-state index contributed by atoms with van der Waals surface area (Å²) in [7, 11) is 0. The molecule has 3 N–H and O–H groups in total. The minimum atomic E-state index is -0.454. The first-order valence-electron chi connectivity index (χ1n) is 9.81. The van der Waals surface area contributed by atoms with Crippen LogP contribution in [-0.2, 0) is 0 Å². The van der Waals surface area contributed by atoms with Gasteiger partial charge in [-0.3, -0.25) is 14.4 Å². The predicted octanol–water partition coefficient (Wildman–Crippen LogP) is 1.18. The van der Waals surface area contributed by atoms with Crippen LogP contribution in [0.1, 0.15) is 34.7 Å². The second-order valence-corrected chi connectivity index (χ2v) is 7.72. The lowest BCUT2D eigenvalue weighted by Crippen LogP contribution is -2.50. The molecule has 8 nitrogen and oxygen atoms in total. The Morgan fingerprint density at radius 1 is 1.13 bits per heavy atom. The highest BCUT2D eigenvalue weighted by atomic mass is 35.5. The topological polar surface area (TPSA) is 109 Å². The van der Waals surface area contributed by atoms with Gasteiger partial charge in [-0.2, -0.15) is 0 Å². The summed E-state index contributed by atoms with van der Waals surface area (Å²) in [6.07, 6.45) is 0.988. The van der Waals surface area contributed by atoms with Crippen LogP contribution in [-0.4, -0.2) is 40.1 Å². The zero-order valence-electron chi connectivity index (χ0n) is 16.1. The average molecular weight is 428 g/mol. The van der Waals surface area contributed by atoms with Crippen molar-refractivity contribution in [1.82, 2.24) is 25.2 Å². The molecule has 156 valence electrons. The van der Waals surface area contributed by atoms with Crippen LogP contribution in [0.3, 0.4) is 0 Å². The Morgan fingerprint density at radius 2 is 1.97 bits per heavy atom. The summed E-state index contributed by atoms with van der Waals surface area (Å²) in [5, 5.41) is 6.75. The van der Waals surface area contributed by atoms with Gasteiger partial charge in [0.1, 0.15) is 0 Å². The van der Waals surface area contributed by atoms with Crippen molar-refractivity contribution in [2.24, 2.45) is 5.92 Å². The van der Waals surface area contributed by atoms with Crippen molar-refractivity contribution in [3.8, 4) is 0 Å². The number of carbonyl (C=O) groups excluding carboxylic acids is 1. The molecule has 0 unspecified atom stereocenters. The molecule has 0 spiro atoms. The summed E-state index contributed by atoms with van der Waals surface area (Å²) in [6, 6.07) is 12.1. The number of pyridine rings is 1. The normalized spacial score (nSPS) is 22.1. The van der Waals surface area contributed by atoms with E-state index in [1.807, 2.05) is 10.6 Å². The van der Waals surface area contributed by atoms with E-state index in [1.54, 1.807) is 36.4 Å². The first kappa shape index (κ1) is 20.3. The van der Waals surface area contributed by atoms with Gasteiger partial charge in [-0.15, -0.1) is 12.4 Å². The van der Waals surface area contributed by atoms with E-state index in [2.05, 4.69) is 20.6 Å². The third-order valence-corrected chi connectivity index (χ3v) is 6.00. The molecule has 1 saturated heterocycles. The van der Waals surface area contributed by atoms with Gasteiger partial charge in [0.15, 0.2) is 5.82 Å². The average Bonchev–Trinajstić information content (AvgIpc) is 2.74. The molecule has 9 heteroatoms. The number of aromatic amines is 1.